The van der Waals surface area contributed by atoms with Crippen LogP contribution in [0.25, 0.3) is 0 Å². The Labute approximate surface area is 120 Å². The summed E-state index contributed by atoms with van der Waals surface area (Å²) in [5, 5.41) is 0. The standard InChI is InChI=1S/C17H18O2.H3N/c1-12-9-10-16(14(3)13(12)2)11-19-17(18)15-7-5-4-6-8-15;/h4-10H,11H2,1-3H3;1H3. The smallest absolute Gasteiger partial charge is 0.338 e. The van der Waals surface area contributed by atoms with Crippen LogP contribution in [-0.4, -0.2) is 5.97 Å². The lowest BCUT2D eigenvalue weighted by molar-refractivity contribution is 0.0472. The summed E-state index contributed by atoms with van der Waals surface area (Å²) in [7, 11) is 0. The van der Waals surface area contributed by atoms with E-state index in [0.717, 1.165) is 5.56 Å². The zero-order valence-electron chi connectivity index (χ0n) is 12.3. The van der Waals surface area contributed by atoms with Gasteiger partial charge in [0.15, 0.2) is 0 Å². The second-order valence-electron chi connectivity index (χ2n) is 4.73. The zero-order chi connectivity index (χ0) is 13.8. The number of hydrogen-bond acceptors (Lipinski definition) is 3. The second-order valence-corrected chi connectivity index (χ2v) is 4.73. The van der Waals surface area contributed by atoms with Crippen molar-refractivity contribution in [2.75, 3.05) is 0 Å². The Morgan fingerprint density at radius 1 is 0.950 bits per heavy atom. The molecule has 2 aromatic carbocycles. The van der Waals surface area contributed by atoms with Crippen LogP contribution in [0.2, 0.25) is 0 Å². The van der Waals surface area contributed by atoms with E-state index in [-0.39, 0.29) is 12.1 Å². The molecule has 0 unspecified atom stereocenters. The fourth-order valence-electron chi connectivity index (χ4n) is 1.97. The molecule has 0 aromatic heterocycles. The Morgan fingerprint density at radius 2 is 1.60 bits per heavy atom. The van der Waals surface area contributed by atoms with E-state index in [0.29, 0.717) is 12.2 Å². The Bertz CT molecular complexity index is 591. The Hall–Kier alpha value is -2.13. The first-order chi connectivity index (χ1) is 9.09. The van der Waals surface area contributed by atoms with Crippen LogP contribution >= 0.6 is 0 Å². The SMILES string of the molecule is Cc1ccc(COC(=O)c2ccccc2)c(C)c1C.N. The van der Waals surface area contributed by atoms with Gasteiger partial charge in [0.2, 0.25) is 0 Å². The van der Waals surface area contributed by atoms with Gasteiger partial charge in [-0.25, -0.2) is 4.79 Å². The average molecular weight is 271 g/mol. The Morgan fingerprint density at radius 3 is 2.25 bits per heavy atom. The van der Waals surface area contributed by atoms with E-state index in [9.17, 15) is 4.79 Å². The molecule has 0 saturated carbocycles. The summed E-state index contributed by atoms with van der Waals surface area (Å²) in [5.74, 6) is -0.279. The van der Waals surface area contributed by atoms with E-state index in [2.05, 4.69) is 26.8 Å². The van der Waals surface area contributed by atoms with Gasteiger partial charge in [-0.3, -0.25) is 0 Å². The molecule has 2 aromatic rings. The first-order valence-electron chi connectivity index (χ1n) is 6.37. The van der Waals surface area contributed by atoms with Crippen molar-refractivity contribution in [3.8, 4) is 0 Å². The van der Waals surface area contributed by atoms with E-state index in [4.69, 9.17) is 4.74 Å². The summed E-state index contributed by atoms with van der Waals surface area (Å²) >= 11 is 0. The van der Waals surface area contributed by atoms with Gasteiger partial charge >= 0.3 is 5.97 Å². The number of hydrogen-bond donors (Lipinski definition) is 1. The van der Waals surface area contributed by atoms with Gasteiger partial charge in [-0.1, -0.05) is 30.3 Å². The molecule has 0 radical (unpaired) electrons. The quantitative estimate of drug-likeness (QED) is 0.854. The first-order valence-corrected chi connectivity index (χ1v) is 6.37. The van der Waals surface area contributed by atoms with Crippen molar-refractivity contribution in [2.24, 2.45) is 0 Å². The molecular formula is C17H21NO2. The van der Waals surface area contributed by atoms with Crippen molar-refractivity contribution < 1.29 is 9.53 Å². The van der Waals surface area contributed by atoms with Crippen LogP contribution in [0.3, 0.4) is 0 Å². The average Bonchev–Trinajstić information content (AvgIpc) is 2.45. The molecule has 3 nitrogen and oxygen atoms in total. The molecule has 0 amide bonds. The molecule has 2 rings (SSSR count). The lowest BCUT2D eigenvalue weighted by atomic mass is 9.99. The Kier molecular flexibility index (Phi) is 5.47. The predicted octanol–water partition coefficient (Wildman–Crippen LogP) is 4.13. The molecule has 0 atom stereocenters. The number of rotatable bonds is 3. The van der Waals surface area contributed by atoms with Crippen molar-refractivity contribution in [2.45, 2.75) is 27.4 Å². The highest BCUT2D eigenvalue weighted by Crippen LogP contribution is 2.18. The highest BCUT2D eigenvalue weighted by molar-refractivity contribution is 5.89. The summed E-state index contributed by atoms with van der Waals surface area (Å²) in [5.41, 5.74) is 5.36. The second kappa shape index (κ2) is 6.87. The van der Waals surface area contributed by atoms with Gasteiger partial charge in [0.1, 0.15) is 6.61 Å². The predicted molar refractivity (Wildman–Crippen MR) is 81.2 cm³/mol. The van der Waals surface area contributed by atoms with E-state index in [1.54, 1.807) is 12.1 Å². The van der Waals surface area contributed by atoms with Gasteiger partial charge in [0, 0.05) is 0 Å². The summed E-state index contributed by atoms with van der Waals surface area (Å²) in [6.45, 7) is 6.56. The van der Waals surface area contributed by atoms with Crippen LogP contribution in [0.1, 0.15) is 32.6 Å². The number of carbonyl (C=O) groups excluding carboxylic acids is 1. The van der Waals surface area contributed by atoms with E-state index >= 15 is 0 Å². The minimum Gasteiger partial charge on any atom is -0.457 e. The molecule has 0 saturated heterocycles. The summed E-state index contributed by atoms with van der Waals surface area (Å²) in [6.07, 6.45) is 0. The largest absolute Gasteiger partial charge is 0.457 e. The number of esters is 1. The maximum absolute atomic E-state index is 11.9. The van der Waals surface area contributed by atoms with Crippen molar-refractivity contribution in [3.63, 3.8) is 0 Å². The van der Waals surface area contributed by atoms with Crippen molar-refractivity contribution in [1.29, 1.82) is 0 Å². The number of benzene rings is 2. The third kappa shape index (κ3) is 3.45. The molecule has 0 aliphatic carbocycles. The first kappa shape index (κ1) is 15.9. The molecular weight excluding hydrogens is 250 g/mol. The lowest BCUT2D eigenvalue weighted by Gasteiger charge is -2.11. The molecule has 106 valence electrons. The molecule has 20 heavy (non-hydrogen) atoms. The van der Waals surface area contributed by atoms with Crippen LogP contribution in [0, 0.1) is 20.8 Å². The molecule has 0 heterocycles. The van der Waals surface area contributed by atoms with Crippen LogP contribution in [0.15, 0.2) is 42.5 Å². The Balaban J connectivity index is 0.00000200. The van der Waals surface area contributed by atoms with Crippen LogP contribution < -0.4 is 6.15 Å². The van der Waals surface area contributed by atoms with E-state index in [1.165, 1.54) is 16.7 Å². The van der Waals surface area contributed by atoms with Crippen molar-refractivity contribution in [3.05, 3.63) is 70.3 Å². The van der Waals surface area contributed by atoms with Gasteiger partial charge in [-0.15, -0.1) is 0 Å². The minimum atomic E-state index is -0.279. The highest BCUT2D eigenvalue weighted by Gasteiger charge is 2.09. The third-order valence-corrected chi connectivity index (χ3v) is 3.54. The van der Waals surface area contributed by atoms with Crippen LogP contribution in [-0.2, 0) is 11.3 Å². The van der Waals surface area contributed by atoms with E-state index < -0.39 is 0 Å². The van der Waals surface area contributed by atoms with Gasteiger partial charge < -0.3 is 10.9 Å². The van der Waals surface area contributed by atoms with Crippen LogP contribution in [0.4, 0.5) is 0 Å². The van der Waals surface area contributed by atoms with Gasteiger partial charge in [0.25, 0.3) is 0 Å². The molecule has 0 spiro atoms. The number of carbonyl (C=O) groups is 1. The molecule has 3 N–H and O–H groups in total. The fraction of sp³-hybridized carbons (Fsp3) is 0.235. The van der Waals surface area contributed by atoms with Crippen molar-refractivity contribution in [1.82, 2.24) is 6.15 Å². The molecule has 3 heteroatoms. The van der Waals surface area contributed by atoms with Gasteiger partial charge in [-0.2, -0.15) is 0 Å². The maximum atomic E-state index is 11.9. The third-order valence-electron chi connectivity index (χ3n) is 3.54. The van der Waals surface area contributed by atoms with Gasteiger partial charge in [-0.05, 0) is 55.2 Å². The minimum absolute atomic E-state index is 0. The van der Waals surface area contributed by atoms with E-state index in [1.807, 2.05) is 24.3 Å². The fourth-order valence-corrected chi connectivity index (χ4v) is 1.97. The molecule has 0 aliphatic heterocycles. The molecule has 0 bridgehead atoms. The summed E-state index contributed by atoms with van der Waals surface area (Å²) in [4.78, 5) is 11.9. The normalized spacial score (nSPS) is 9.75. The topological polar surface area (TPSA) is 61.3 Å². The zero-order valence-corrected chi connectivity index (χ0v) is 12.3. The van der Waals surface area contributed by atoms with Gasteiger partial charge in [0.05, 0.1) is 5.56 Å². The molecule has 0 aliphatic rings. The van der Waals surface area contributed by atoms with Crippen molar-refractivity contribution >= 4 is 5.97 Å². The summed E-state index contributed by atoms with van der Waals surface area (Å²) < 4.78 is 5.35. The highest BCUT2D eigenvalue weighted by atomic mass is 16.5. The number of ether oxygens (including phenoxy) is 1. The summed E-state index contributed by atoms with van der Waals surface area (Å²) in [6, 6.07) is 13.1. The maximum Gasteiger partial charge on any atom is 0.338 e. The monoisotopic (exact) mass is 271 g/mol. The molecule has 0 fully saturated rings. The lowest BCUT2D eigenvalue weighted by Crippen LogP contribution is -2.06. The van der Waals surface area contributed by atoms with Crippen LogP contribution in [0.5, 0.6) is 0 Å². The number of aryl methyl sites for hydroxylation is 1.